The van der Waals surface area contributed by atoms with E-state index >= 15 is 0 Å². The first-order valence-electron chi connectivity index (χ1n) is 7.67. The molecular weight excluding hydrogens is 266 g/mol. The van der Waals surface area contributed by atoms with Gasteiger partial charge >= 0.3 is 0 Å². The average molecular weight is 291 g/mol. The van der Waals surface area contributed by atoms with Crippen LogP contribution in [-0.4, -0.2) is 62.8 Å². The number of likely N-dealkylation sites (tertiary alicyclic amines) is 1. The first kappa shape index (κ1) is 14.6. The third-order valence-electron chi connectivity index (χ3n) is 4.43. The molecule has 5 nitrogen and oxygen atoms in total. The van der Waals surface area contributed by atoms with E-state index < -0.39 is 0 Å². The smallest absolute Gasteiger partial charge is 0.161 e. The van der Waals surface area contributed by atoms with Crippen molar-refractivity contribution < 1.29 is 9.47 Å². The number of hydrogen-bond donors (Lipinski definition) is 1. The molecule has 2 heterocycles. The normalized spacial score (nSPS) is 23.5. The zero-order valence-corrected chi connectivity index (χ0v) is 12.9. The van der Waals surface area contributed by atoms with E-state index in [9.17, 15) is 0 Å². The van der Waals surface area contributed by atoms with Crippen LogP contribution in [0.2, 0.25) is 0 Å². The molecule has 1 fully saturated rings. The van der Waals surface area contributed by atoms with Crippen LogP contribution in [0, 0.1) is 0 Å². The molecule has 2 aliphatic rings. The molecular formula is C16H25N3O2. The molecule has 2 unspecified atom stereocenters. The number of nitrogens with two attached hydrogens (primary N) is 1. The van der Waals surface area contributed by atoms with Gasteiger partial charge in [0.2, 0.25) is 0 Å². The Morgan fingerprint density at radius 1 is 1.29 bits per heavy atom. The number of fused-ring (bicyclic) bond motifs is 1. The van der Waals surface area contributed by atoms with Crippen LogP contribution in [0.3, 0.4) is 0 Å². The van der Waals surface area contributed by atoms with Gasteiger partial charge in [-0.1, -0.05) is 6.07 Å². The maximum Gasteiger partial charge on any atom is 0.161 e. The molecule has 1 aromatic rings. The first-order valence-corrected chi connectivity index (χ1v) is 7.67. The van der Waals surface area contributed by atoms with E-state index in [1.54, 1.807) is 0 Å². The van der Waals surface area contributed by atoms with Gasteiger partial charge in [-0.25, -0.2) is 0 Å². The number of benzene rings is 1. The lowest BCUT2D eigenvalue weighted by Crippen LogP contribution is -2.35. The van der Waals surface area contributed by atoms with Gasteiger partial charge in [0.25, 0.3) is 0 Å². The lowest BCUT2D eigenvalue weighted by Gasteiger charge is -2.24. The highest BCUT2D eigenvalue weighted by molar-refractivity contribution is 5.44. The SMILES string of the molecule is CN(C)C1CCN(CC(N)c2ccc3c(c2)OCCO3)C1. The van der Waals surface area contributed by atoms with Crippen molar-refractivity contribution in [2.45, 2.75) is 18.5 Å². The summed E-state index contributed by atoms with van der Waals surface area (Å²) < 4.78 is 11.2. The second-order valence-electron chi connectivity index (χ2n) is 6.18. The van der Waals surface area contributed by atoms with Gasteiger partial charge in [-0.05, 0) is 44.8 Å². The third kappa shape index (κ3) is 3.31. The van der Waals surface area contributed by atoms with Crippen molar-refractivity contribution in [2.75, 3.05) is 46.9 Å². The van der Waals surface area contributed by atoms with Crippen molar-refractivity contribution in [1.82, 2.24) is 9.80 Å². The van der Waals surface area contributed by atoms with E-state index in [0.29, 0.717) is 19.3 Å². The monoisotopic (exact) mass is 291 g/mol. The van der Waals surface area contributed by atoms with Crippen molar-refractivity contribution in [3.05, 3.63) is 23.8 Å². The van der Waals surface area contributed by atoms with E-state index in [-0.39, 0.29) is 6.04 Å². The Balaban J connectivity index is 1.62. The molecule has 0 aromatic heterocycles. The first-order chi connectivity index (χ1) is 10.1. The molecule has 0 saturated carbocycles. The summed E-state index contributed by atoms with van der Waals surface area (Å²) in [5.74, 6) is 1.65. The molecule has 1 saturated heterocycles. The van der Waals surface area contributed by atoms with Crippen molar-refractivity contribution in [3.8, 4) is 11.5 Å². The Bertz CT molecular complexity index is 492. The molecule has 5 heteroatoms. The molecule has 2 aliphatic heterocycles. The van der Waals surface area contributed by atoms with Crippen LogP contribution < -0.4 is 15.2 Å². The summed E-state index contributed by atoms with van der Waals surface area (Å²) in [7, 11) is 4.30. The second-order valence-corrected chi connectivity index (χ2v) is 6.18. The standard InChI is InChI=1S/C16H25N3O2/c1-18(2)13-5-6-19(10-13)11-14(17)12-3-4-15-16(9-12)21-8-7-20-15/h3-4,9,13-14H,5-8,10-11,17H2,1-2H3. The summed E-state index contributed by atoms with van der Waals surface area (Å²) in [6.45, 7) is 4.36. The highest BCUT2D eigenvalue weighted by atomic mass is 16.6. The van der Waals surface area contributed by atoms with Crippen molar-refractivity contribution in [1.29, 1.82) is 0 Å². The van der Waals surface area contributed by atoms with Crippen LogP contribution in [0.4, 0.5) is 0 Å². The molecule has 0 aliphatic carbocycles. The molecule has 3 rings (SSSR count). The Labute approximate surface area is 126 Å². The Hall–Kier alpha value is -1.30. The summed E-state index contributed by atoms with van der Waals surface area (Å²) in [5, 5.41) is 0. The van der Waals surface area contributed by atoms with Gasteiger partial charge in [-0.2, -0.15) is 0 Å². The van der Waals surface area contributed by atoms with Gasteiger partial charge in [-0.15, -0.1) is 0 Å². The Morgan fingerprint density at radius 2 is 2.05 bits per heavy atom. The van der Waals surface area contributed by atoms with E-state index in [1.807, 2.05) is 12.1 Å². The number of nitrogens with zero attached hydrogens (tertiary/aromatic N) is 2. The largest absolute Gasteiger partial charge is 0.486 e. The fourth-order valence-corrected chi connectivity index (χ4v) is 3.07. The highest BCUT2D eigenvalue weighted by Crippen LogP contribution is 2.32. The molecule has 1 aromatic carbocycles. The Kier molecular flexibility index (Phi) is 4.33. The van der Waals surface area contributed by atoms with E-state index in [2.05, 4.69) is 30.0 Å². The number of rotatable bonds is 4. The van der Waals surface area contributed by atoms with E-state index in [0.717, 1.165) is 36.7 Å². The fraction of sp³-hybridized carbons (Fsp3) is 0.625. The molecule has 2 N–H and O–H groups in total. The molecule has 0 radical (unpaired) electrons. The minimum Gasteiger partial charge on any atom is -0.486 e. The van der Waals surface area contributed by atoms with Crippen molar-refractivity contribution in [3.63, 3.8) is 0 Å². The van der Waals surface area contributed by atoms with E-state index in [4.69, 9.17) is 15.2 Å². The lowest BCUT2D eigenvalue weighted by atomic mass is 10.1. The van der Waals surface area contributed by atoms with Crippen LogP contribution in [0.15, 0.2) is 18.2 Å². The van der Waals surface area contributed by atoms with Crippen molar-refractivity contribution in [2.24, 2.45) is 5.73 Å². The highest BCUT2D eigenvalue weighted by Gasteiger charge is 2.25. The fourth-order valence-electron chi connectivity index (χ4n) is 3.07. The topological polar surface area (TPSA) is 51.0 Å². The number of hydrogen-bond acceptors (Lipinski definition) is 5. The van der Waals surface area contributed by atoms with Crippen LogP contribution in [0.5, 0.6) is 11.5 Å². The van der Waals surface area contributed by atoms with E-state index in [1.165, 1.54) is 6.42 Å². The molecule has 0 bridgehead atoms. The molecule has 116 valence electrons. The van der Waals surface area contributed by atoms with Gasteiger partial charge in [0.05, 0.1) is 0 Å². The van der Waals surface area contributed by atoms with Gasteiger partial charge in [0, 0.05) is 25.2 Å². The van der Waals surface area contributed by atoms with Crippen LogP contribution >= 0.6 is 0 Å². The molecule has 0 amide bonds. The predicted octanol–water partition coefficient (Wildman–Crippen LogP) is 1.09. The third-order valence-corrected chi connectivity index (χ3v) is 4.43. The zero-order chi connectivity index (χ0) is 14.8. The summed E-state index contributed by atoms with van der Waals surface area (Å²) in [6.07, 6.45) is 1.22. The summed E-state index contributed by atoms with van der Waals surface area (Å²) in [6, 6.07) is 6.71. The van der Waals surface area contributed by atoms with Gasteiger partial charge in [-0.3, -0.25) is 4.90 Å². The second kappa shape index (κ2) is 6.22. The molecule has 2 atom stereocenters. The van der Waals surface area contributed by atoms with Gasteiger partial charge in [0.1, 0.15) is 13.2 Å². The minimum absolute atomic E-state index is 0.0155. The quantitative estimate of drug-likeness (QED) is 0.900. The predicted molar refractivity (Wildman–Crippen MR) is 82.9 cm³/mol. The van der Waals surface area contributed by atoms with Crippen LogP contribution in [0.25, 0.3) is 0 Å². The molecule has 0 spiro atoms. The summed E-state index contributed by atoms with van der Waals surface area (Å²) in [5.41, 5.74) is 7.50. The number of ether oxygens (including phenoxy) is 2. The van der Waals surface area contributed by atoms with Crippen LogP contribution in [-0.2, 0) is 0 Å². The summed E-state index contributed by atoms with van der Waals surface area (Å²) in [4.78, 5) is 4.75. The maximum atomic E-state index is 6.38. The van der Waals surface area contributed by atoms with Gasteiger partial charge < -0.3 is 20.1 Å². The lowest BCUT2D eigenvalue weighted by molar-refractivity contribution is 0.171. The minimum atomic E-state index is 0.0155. The van der Waals surface area contributed by atoms with Gasteiger partial charge in [0.15, 0.2) is 11.5 Å². The van der Waals surface area contributed by atoms with Crippen molar-refractivity contribution >= 4 is 0 Å². The Morgan fingerprint density at radius 3 is 2.76 bits per heavy atom. The average Bonchev–Trinajstić information content (AvgIpc) is 2.95. The number of likely N-dealkylation sites (N-methyl/N-ethyl adjacent to an activating group) is 1. The maximum absolute atomic E-state index is 6.38. The van der Waals surface area contributed by atoms with Crippen LogP contribution in [0.1, 0.15) is 18.0 Å². The zero-order valence-electron chi connectivity index (χ0n) is 12.9. The summed E-state index contributed by atoms with van der Waals surface area (Å²) >= 11 is 0. The molecule has 21 heavy (non-hydrogen) atoms.